The standard InChI is InChI=1S/C10H13N3/c1-3-13(7-11)9-5-4-8(2)10(12)6-9/h4-6H,3,12H2,1-2H3. The Morgan fingerprint density at radius 3 is 2.69 bits per heavy atom. The lowest BCUT2D eigenvalue weighted by Gasteiger charge is -2.13. The molecule has 0 atom stereocenters. The van der Waals surface area contributed by atoms with Gasteiger partial charge in [-0.25, -0.2) is 0 Å². The van der Waals surface area contributed by atoms with Crippen LogP contribution in [0.2, 0.25) is 0 Å². The van der Waals surface area contributed by atoms with Crippen molar-refractivity contribution in [1.82, 2.24) is 0 Å². The van der Waals surface area contributed by atoms with E-state index >= 15 is 0 Å². The van der Waals surface area contributed by atoms with E-state index in [1.807, 2.05) is 32.0 Å². The van der Waals surface area contributed by atoms with Crippen LogP contribution in [0.1, 0.15) is 12.5 Å². The van der Waals surface area contributed by atoms with Gasteiger partial charge in [-0.1, -0.05) is 6.07 Å². The molecule has 0 aliphatic carbocycles. The molecule has 0 bridgehead atoms. The van der Waals surface area contributed by atoms with Gasteiger partial charge in [-0.15, -0.1) is 0 Å². The second-order valence-electron chi connectivity index (χ2n) is 2.89. The molecule has 13 heavy (non-hydrogen) atoms. The highest BCUT2D eigenvalue weighted by Gasteiger charge is 2.03. The number of hydrogen-bond acceptors (Lipinski definition) is 3. The molecule has 0 saturated carbocycles. The van der Waals surface area contributed by atoms with Gasteiger partial charge in [0.25, 0.3) is 0 Å². The molecule has 0 aliphatic heterocycles. The zero-order valence-corrected chi connectivity index (χ0v) is 7.91. The maximum atomic E-state index is 8.77. The highest BCUT2D eigenvalue weighted by Crippen LogP contribution is 2.19. The monoisotopic (exact) mass is 175 g/mol. The van der Waals surface area contributed by atoms with E-state index in [9.17, 15) is 0 Å². The molecule has 0 aromatic heterocycles. The summed E-state index contributed by atoms with van der Waals surface area (Å²) in [5.41, 5.74) is 8.35. The number of aryl methyl sites for hydroxylation is 1. The van der Waals surface area contributed by atoms with Crippen LogP contribution in [0.3, 0.4) is 0 Å². The van der Waals surface area contributed by atoms with Gasteiger partial charge in [-0.2, -0.15) is 5.26 Å². The van der Waals surface area contributed by atoms with Crippen molar-refractivity contribution < 1.29 is 0 Å². The van der Waals surface area contributed by atoms with Crippen LogP contribution in [0.25, 0.3) is 0 Å². The highest BCUT2D eigenvalue weighted by molar-refractivity contribution is 5.61. The third-order valence-electron chi connectivity index (χ3n) is 2.01. The maximum absolute atomic E-state index is 8.77. The van der Waals surface area contributed by atoms with Crippen molar-refractivity contribution in [2.45, 2.75) is 13.8 Å². The summed E-state index contributed by atoms with van der Waals surface area (Å²) in [6.45, 7) is 4.54. The third-order valence-corrected chi connectivity index (χ3v) is 2.01. The minimum atomic E-state index is 0.666. The fraction of sp³-hybridized carbons (Fsp3) is 0.300. The lowest BCUT2D eigenvalue weighted by molar-refractivity contribution is 1.03. The molecule has 0 spiro atoms. The number of nitrogens with zero attached hydrogens (tertiary/aromatic N) is 2. The summed E-state index contributed by atoms with van der Waals surface area (Å²) in [4.78, 5) is 1.59. The van der Waals surface area contributed by atoms with Gasteiger partial charge in [0.05, 0.1) is 5.69 Å². The Morgan fingerprint density at radius 2 is 2.23 bits per heavy atom. The average molecular weight is 175 g/mol. The predicted molar refractivity (Wildman–Crippen MR) is 54.2 cm³/mol. The van der Waals surface area contributed by atoms with Gasteiger partial charge in [0, 0.05) is 12.2 Å². The number of nitrogens with two attached hydrogens (primary N) is 1. The summed E-state index contributed by atoms with van der Waals surface area (Å²) in [6, 6.07) is 5.64. The van der Waals surface area contributed by atoms with Crippen molar-refractivity contribution in [3.63, 3.8) is 0 Å². The largest absolute Gasteiger partial charge is 0.398 e. The zero-order chi connectivity index (χ0) is 9.84. The van der Waals surface area contributed by atoms with E-state index in [2.05, 4.69) is 6.19 Å². The normalized spacial score (nSPS) is 9.31. The lowest BCUT2D eigenvalue weighted by atomic mass is 10.2. The van der Waals surface area contributed by atoms with E-state index in [-0.39, 0.29) is 0 Å². The summed E-state index contributed by atoms with van der Waals surface area (Å²) in [5, 5.41) is 8.77. The van der Waals surface area contributed by atoms with E-state index in [4.69, 9.17) is 11.0 Å². The highest BCUT2D eigenvalue weighted by atomic mass is 15.1. The molecule has 3 nitrogen and oxygen atoms in total. The Hall–Kier alpha value is -1.69. The first kappa shape index (κ1) is 9.40. The molecule has 0 aliphatic rings. The SMILES string of the molecule is CCN(C#N)c1ccc(C)c(N)c1. The fourth-order valence-corrected chi connectivity index (χ4v) is 1.11. The molecule has 2 N–H and O–H groups in total. The summed E-state index contributed by atoms with van der Waals surface area (Å²) >= 11 is 0. The van der Waals surface area contributed by atoms with E-state index in [1.54, 1.807) is 4.90 Å². The second kappa shape index (κ2) is 3.81. The Kier molecular flexibility index (Phi) is 2.76. The number of anilines is 2. The van der Waals surface area contributed by atoms with E-state index < -0.39 is 0 Å². The van der Waals surface area contributed by atoms with Crippen LogP contribution in [-0.4, -0.2) is 6.54 Å². The zero-order valence-electron chi connectivity index (χ0n) is 7.91. The van der Waals surface area contributed by atoms with Crippen molar-refractivity contribution in [3.05, 3.63) is 23.8 Å². The van der Waals surface area contributed by atoms with Crippen LogP contribution in [0.4, 0.5) is 11.4 Å². The van der Waals surface area contributed by atoms with Crippen molar-refractivity contribution in [2.75, 3.05) is 17.2 Å². The van der Waals surface area contributed by atoms with Crippen LogP contribution in [-0.2, 0) is 0 Å². The molecule has 68 valence electrons. The Balaban J connectivity index is 3.04. The molecule has 0 heterocycles. The van der Waals surface area contributed by atoms with Crippen molar-refractivity contribution >= 4 is 11.4 Å². The molecule has 3 heteroatoms. The van der Waals surface area contributed by atoms with Gasteiger partial charge in [-0.05, 0) is 31.5 Å². The van der Waals surface area contributed by atoms with Crippen LogP contribution < -0.4 is 10.6 Å². The fourth-order valence-electron chi connectivity index (χ4n) is 1.11. The number of benzene rings is 1. The Bertz CT molecular complexity index is 339. The molecule has 0 unspecified atom stereocenters. The summed E-state index contributed by atoms with van der Waals surface area (Å²) in [7, 11) is 0. The number of nitrogen functional groups attached to an aromatic ring is 1. The molecular formula is C10H13N3. The van der Waals surface area contributed by atoms with Crippen LogP contribution in [0, 0.1) is 18.4 Å². The van der Waals surface area contributed by atoms with Crippen LogP contribution >= 0.6 is 0 Å². The molecule has 1 aromatic carbocycles. The first-order valence-corrected chi connectivity index (χ1v) is 4.22. The summed E-state index contributed by atoms with van der Waals surface area (Å²) < 4.78 is 0. The van der Waals surface area contributed by atoms with Gasteiger partial charge in [0.15, 0.2) is 6.19 Å². The summed E-state index contributed by atoms with van der Waals surface area (Å²) in [6.07, 6.45) is 2.09. The topological polar surface area (TPSA) is 53.0 Å². The van der Waals surface area contributed by atoms with E-state index in [1.165, 1.54) is 0 Å². The number of rotatable bonds is 2. The minimum absolute atomic E-state index is 0.666. The number of hydrogen-bond donors (Lipinski definition) is 1. The molecule has 1 rings (SSSR count). The first-order valence-electron chi connectivity index (χ1n) is 4.22. The third kappa shape index (κ3) is 1.91. The molecule has 0 fully saturated rings. The quantitative estimate of drug-likeness (QED) is 0.424. The van der Waals surface area contributed by atoms with Crippen LogP contribution in [0.15, 0.2) is 18.2 Å². The average Bonchev–Trinajstić information content (AvgIpc) is 2.13. The van der Waals surface area contributed by atoms with Crippen molar-refractivity contribution in [2.24, 2.45) is 0 Å². The predicted octanol–water partition coefficient (Wildman–Crippen LogP) is 1.88. The van der Waals surface area contributed by atoms with Crippen molar-refractivity contribution in [1.29, 1.82) is 5.26 Å². The Morgan fingerprint density at radius 1 is 1.54 bits per heavy atom. The number of nitriles is 1. The Labute approximate surface area is 78.4 Å². The molecule has 0 saturated heterocycles. The van der Waals surface area contributed by atoms with Gasteiger partial charge < -0.3 is 5.73 Å². The summed E-state index contributed by atoms with van der Waals surface area (Å²) in [5.74, 6) is 0. The minimum Gasteiger partial charge on any atom is -0.398 e. The van der Waals surface area contributed by atoms with Gasteiger partial charge >= 0.3 is 0 Å². The smallest absolute Gasteiger partial charge is 0.184 e. The van der Waals surface area contributed by atoms with Gasteiger partial charge in [-0.3, -0.25) is 4.90 Å². The van der Waals surface area contributed by atoms with Gasteiger partial charge in [0.1, 0.15) is 0 Å². The lowest BCUT2D eigenvalue weighted by Crippen LogP contribution is -2.15. The first-order chi connectivity index (χ1) is 6.19. The van der Waals surface area contributed by atoms with Gasteiger partial charge in [0.2, 0.25) is 0 Å². The molecule has 1 aromatic rings. The second-order valence-corrected chi connectivity index (χ2v) is 2.89. The molecule has 0 radical (unpaired) electrons. The molecular weight excluding hydrogens is 162 g/mol. The van der Waals surface area contributed by atoms with Crippen molar-refractivity contribution in [3.8, 4) is 6.19 Å². The molecule has 0 amide bonds. The van der Waals surface area contributed by atoms with E-state index in [0.29, 0.717) is 6.54 Å². The van der Waals surface area contributed by atoms with Crippen LogP contribution in [0.5, 0.6) is 0 Å². The maximum Gasteiger partial charge on any atom is 0.184 e. The van der Waals surface area contributed by atoms with E-state index in [0.717, 1.165) is 16.9 Å².